The van der Waals surface area contributed by atoms with Gasteiger partial charge in [0.15, 0.2) is 0 Å². The van der Waals surface area contributed by atoms with Crippen molar-refractivity contribution in [2.24, 2.45) is 0 Å². The van der Waals surface area contributed by atoms with Crippen LogP contribution in [0.5, 0.6) is 0 Å². The number of nitrogens with one attached hydrogen (secondary N) is 1. The molecule has 0 aliphatic carbocycles. The van der Waals surface area contributed by atoms with Crippen LogP contribution in [0.3, 0.4) is 0 Å². The van der Waals surface area contributed by atoms with Crippen LogP contribution in [0, 0.1) is 25.2 Å². The number of H-pyrrole nitrogens is 1. The van der Waals surface area contributed by atoms with Crippen molar-refractivity contribution < 1.29 is 0 Å². The minimum atomic E-state index is -0.209. The Morgan fingerprint density at radius 1 is 1.08 bits per heavy atom. The van der Waals surface area contributed by atoms with Crippen molar-refractivity contribution in [3.05, 3.63) is 81.6 Å². The molecule has 0 saturated heterocycles. The van der Waals surface area contributed by atoms with E-state index in [1.54, 1.807) is 18.2 Å². The van der Waals surface area contributed by atoms with Gasteiger partial charge in [-0.15, -0.1) is 0 Å². The van der Waals surface area contributed by atoms with Crippen molar-refractivity contribution in [1.29, 1.82) is 5.26 Å². The molecule has 0 atom stereocenters. The summed E-state index contributed by atoms with van der Waals surface area (Å²) in [6.07, 6.45) is 0. The molecular weight excluding hydrogens is 324 g/mol. The molecule has 4 aromatic rings. The molecule has 2 aromatic carbocycles. The van der Waals surface area contributed by atoms with Crippen molar-refractivity contribution in [3.63, 3.8) is 0 Å². The zero-order chi connectivity index (χ0) is 18.3. The first kappa shape index (κ1) is 15.9. The van der Waals surface area contributed by atoms with Gasteiger partial charge in [0.25, 0.3) is 5.56 Å². The first-order valence-electron chi connectivity index (χ1n) is 8.27. The molecule has 2 aromatic heterocycles. The first-order chi connectivity index (χ1) is 12.6. The summed E-state index contributed by atoms with van der Waals surface area (Å²) in [6, 6.07) is 18.8. The van der Waals surface area contributed by atoms with Gasteiger partial charge in [-0.2, -0.15) is 14.9 Å². The minimum Gasteiger partial charge on any atom is -0.339 e. The third-order valence-corrected chi connectivity index (χ3v) is 4.55. The predicted molar refractivity (Wildman–Crippen MR) is 101 cm³/mol. The largest absolute Gasteiger partial charge is 0.339 e. The maximum absolute atomic E-state index is 12.6. The Hall–Kier alpha value is -3.65. The fraction of sp³-hybridized carbons (Fsp3) is 0.0952. The molecule has 5 heteroatoms. The van der Waals surface area contributed by atoms with Crippen molar-refractivity contribution >= 4 is 5.65 Å². The number of rotatable bonds is 2. The van der Waals surface area contributed by atoms with Gasteiger partial charge in [0.2, 0.25) is 0 Å². The summed E-state index contributed by atoms with van der Waals surface area (Å²) in [5.41, 5.74) is 6.28. The molecule has 4 rings (SSSR count). The molecule has 0 spiro atoms. The summed E-state index contributed by atoms with van der Waals surface area (Å²) in [5.74, 6) is 0. The van der Waals surface area contributed by atoms with Crippen LogP contribution in [0.4, 0.5) is 0 Å². The highest BCUT2D eigenvalue weighted by Gasteiger charge is 2.15. The first-order valence-corrected chi connectivity index (χ1v) is 8.27. The second-order valence-electron chi connectivity index (χ2n) is 6.26. The molecule has 0 aliphatic heterocycles. The molecule has 1 N–H and O–H groups in total. The number of aromatic amines is 1. The number of hydrogen-bond donors (Lipinski definition) is 1. The van der Waals surface area contributed by atoms with E-state index in [1.807, 2.05) is 44.2 Å². The standard InChI is InChI=1S/C21H16N4O/c1-13-6-3-4-9-17(13)20-14(2)21-23-18(11-19(26)25(21)24-20)16-8-5-7-15(10-16)12-22/h3-11,23H,1-2H3. The van der Waals surface area contributed by atoms with Gasteiger partial charge in [-0.25, -0.2) is 0 Å². The lowest BCUT2D eigenvalue weighted by Crippen LogP contribution is -2.14. The van der Waals surface area contributed by atoms with E-state index in [4.69, 9.17) is 5.26 Å². The molecule has 0 fully saturated rings. The third-order valence-electron chi connectivity index (χ3n) is 4.55. The molecule has 5 nitrogen and oxygen atoms in total. The lowest BCUT2D eigenvalue weighted by molar-refractivity contribution is 0.904. The third kappa shape index (κ3) is 2.49. The van der Waals surface area contributed by atoms with E-state index in [0.717, 1.165) is 27.9 Å². The molecule has 2 heterocycles. The van der Waals surface area contributed by atoms with Gasteiger partial charge >= 0.3 is 0 Å². The van der Waals surface area contributed by atoms with Crippen LogP contribution in [0.1, 0.15) is 16.7 Å². The fourth-order valence-corrected chi connectivity index (χ4v) is 3.16. The van der Waals surface area contributed by atoms with Gasteiger partial charge < -0.3 is 4.98 Å². The number of nitrogens with zero attached hydrogens (tertiary/aromatic N) is 3. The van der Waals surface area contributed by atoms with E-state index < -0.39 is 0 Å². The number of aryl methyl sites for hydroxylation is 2. The Balaban J connectivity index is 1.96. The minimum absolute atomic E-state index is 0.209. The SMILES string of the molecule is Cc1ccccc1-c1nn2c(=O)cc(-c3cccc(C#N)c3)[nH]c2c1C. The highest BCUT2D eigenvalue weighted by atomic mass is 16.1. The molecule has 0 bridgehead atoms. The monoisotopic (exact) mass is 340 g/mol. The van der Waals surface area contributed by atoms with Crippen LogP contribution in [0.15, 0.2) is 59.4 Å². The number of hydrogen-bond acceptors (Lipinski definition) is 3. The summed E-state index contributed by atoms with van der Waals surface area (Å²) in [6.45, 7) is 3.98. The van der Waals surface area contributed by atoms with Crippen molar-refractivity contribution in [3.8, 4) is 28.6 Å². The van der Waals surface area contributed by atoms with Crippen LogP contribution >= 0.6 is 0 Å². The maximum atomic E-state index is 12.6. The zero-order valence-electron chi connectivity index (χ0n) is 14.4. The number of benzene rings is 2. The van der Waals surface area contributed by atoms with Crippen LogP contribution in [-0.2, 0) is 0 Å². The lowest BCUT2D eigenvalue weighted by Gasteiger charge is -2.04. The van der Waals surface area contributed by atoms with Gasteiger partial charge in [-0.05, 0) is 37.1 Å². The zero-order valence-corrected chi connectivity index (χ0v) is 14.4. The molecule has 126 valence electrons. The Labute approximate surface area is 150 Å². The van der Waals surface area contributed by atoms with Crippen molar-refractivity contribution in [2.45, 2.75) is 13.8 Å². The summed E-state index contributed by atoms with van der Waals surface area (Å²) < 4.78 is 1.40. The van der Waals surface area contributed by atoms with E-state index in [0.29, 0.717) is 16.9 Å². The summed E-state index contributed by atoms with van der Waals surface area (Å²) >= 11 is 0. The predicted octanol–water partition coefficient (Wildman–Crippen LogP) is 3.85. The number of aromatic nitrogens is 3. The molecule has 26 heavy (non-hydrogen) atoms. The normalized spacial score (nSPS) is 10.8. The van der Waals surface area contributed by atoms with E-state index in [1.165, 1.54) is 10.6 Å². The highest BCUT2D eigenvalue weighted by Crippen LogP contribution is 2.27. The van der Waals surface area contributed by atoms with E-state index in [9.17, 15) is 4.79 Å². The maximum Gasteiger partial charge on any atom is 0.274 e. The van der Waals surface area contributed by atoms with E-state index in [-0.39, 0.29) is 5.56 Å². The Morgan fingerprint density at radius 3 is 2.65 bits per heavy atom. The number of fused-ring (bicyclic) bond motifs is 1. The average Bonchev–Trinajstić information content (AvgIpc) is 2.99. The van der Waals surface area contributed by atoms with Gasteiger partial charge in [-0.1, -0.05) is 36.4 Å². The molecular formula is C21H16N4O. The van der Waals surface area contributed by atoms with Crippen LogP contribution < -0.4 is 5.56 Å². The second kappa shape index (κ2) is 6.01. The Kier molecular flexibility index (Phi) is 3.67. The molecule has 0 unspecified atom stereocenters. The van der Waals surface area contributed by atoms with E-state index >= 15 is 0 Å². The summed E-state index contributed by atoms with van der Waals surface area (Å²) in [7, 11) is 0. The van der Waals surface area contributed by atoms with Crippen LogP contribution in [0.2, 0.25) is 0 Å². The topological polar surface area (TPSA) is 74.0 Å². The van der Waals surface area contributed by atoms with E-state index in [2.05, 4.69) is 16.2 Å². The van der Waals surface area contributed by atoms with Crippen molar-refractivity contribution in [1.82, 2.24) is 14.6 Å². The highest BCUT2D eigenvalue weighted by molar-refractivity contribution is 5.74. The Bertz CT molecular complexity index is 1240. The molecule has 0 saturated carbocycles. The fourth-order valence-electron chi connectivity index (χ4n) is 3.16. The molecule has 0 radical (unpaired) electrons. The second-order valence-corrected chi connectivity index (χ2v) is 6.26. The Morgan fingerprint density at radius 2 is 1.88 bits per heavy atom. The lowest BCUT2D eigenvalue weighted by atomic mass is 10.0. The smallest absolute Gasteiger partial charge is 0.274 e. The molecule has 0 aliphatic rings. The molecule has 0 amide bonds. The average molecular weight is 340 g/mol. The number of nitriles is 1. The quantitative estimate of drug-likeness (QED) is 0.602. The summed E-state index contributed by atoms with van der Waals surface area (Å²) in [4.78, 5) is 15.9. The van der Waals surface area contributed by atoms with Gasteiger partial charge in [0, 0.05) is 17.2 Å². The summed E-state index contributed by atoms with van der Waals surface area (Å²) in [5, 5.41) is 13.6. The van der Waals surface area contributed by atoms with Gasteiger partial charge in [0.1, 0.15) is 5.65 Å². The van der Waals surface area contributed by atoms with Crippen LogP contribution in [-0.4, -0.2) is 14.6 Å². The van der Waals surface area contributed by atoms with Gasteiger partial charge in [0.05, 0.1) is 23.0 Å². The van der Waals surface area contributed by atoms with Crippen molar-refractivity contribution in [2.75, 3.05) is 0 Å². The van der Waals surface area contributed by atoms with Gasteiger partial charge in [-0.3, -0.25) is 4.79 Å². The van der Waals surface area contributed by atoms with Crippen LogP contribution in [0.25, 0.3) is 28.2 Å².